The molecule has 4 rings (SSSR count). The van der Waals surface area contributed by atoms with E-state index in [0.717, 1.165) is 38.2 Å². The van der Waals surface area contributed by atoms with Crippen LogP contribution in [0.4, 0.5) is 30.4 Å². The first-order valence-corrected chi connectivity index (χ1v) is 11.7. The van der Waals surface area contributed by atoms with Gasteiger partial charge in [0, 0.05) is 50.0 Å². The second kappa shape index (κ2) is 10.1. The molecule has 1 aromatic carbocycles. The Bertz CT molecular complexity index is 1060. The number of nitrogens with zero attached hydrogens (tertiary/aromatic N) is 4. The van der Waals surface area contributed by atoms with Crippen LogP contribution in [0, 0.1) is 16.0 Å². The number of hydrogen-bond donors (Lipinski definition) is 1. The third-order valence-electron chi connectivity index (χ3n) is 6.79. The third kappa shape index (κ3) is 5.83. The van der Waals surface area contributed by atoms with Gasteiger partial charge in [0.25, 0.3) is 11.6 Å². The number of alkyl halides is 3. The smallest absolute Gasteiger partial charge is 0.366 e. The number of hydrogen-bond acceptors (Lipinski definition) is 6. The lowest BCUT2D eigenvalue weighted by Gasteiger charge is -2.33. The van der Waals surface area contributed by atoms with Crippen molar-refractivity contribution in [1.29, 1.82) is 0 Å². The molecule has 2 fully saturated rings. The Morgan fingerprint density at radius 2 is 1.71 bits per heavy atom. The lowest BCUT2D eigenvalue weighted by molar-refractivity contribution is -0.384. The van der Waals surface area contributed by atoms with Crippen molar-refractivity contribution in [1.82, 2.24) is 10.3 Å². The van der Waals surface area contributed by atoms with Gasteiger partial charge in [0.05, 0.1) is 10.5 Å². The molecule has 1 N–H and O–H groups in total. The first kappa shape index (κ1) is 24.7. The van der Waals surface area contributed by atoms with Crippen LogP contribution in [0.5, 0.6) is 0 Å². The topological polar surface area (TPSA) is 91.6 Å². The zero-order valence-corrected chi connectivity index (χ0v) is 19.4. The monoisotopic (exact) mass is 491 g/mol. The van der Waals surface area contributed by atoms with Crippen LogP contribution in [0.25, 0.3) is 0 Å². The Kier molecular flexibility index (Phi) is 7.13. The van der Waals surface area contributed by atoms with Gasteiger partial charge < -0.3 is 15.1 Å². The summed E-state index contributed by atoms with van der Waals surface area (Å²) >= 11 is 0. The summed E-state index contributed by atoms with van der Waals surface area (Å²) in [5.41, 5.74) is -0.0952. The number of nitrogens with one attached hydrogen (secondary N) is 1. The quantitative estimate of drug-likeness (QED) is 0.484. The molecule has 2 saturated heterocycles. The van der Waals surface area contributed by atoms with E-state index in [2.05, 4.69) is 17.2 Å². The third-order valence-corrected chi connectivity index (χ3v) is 6.79. The van der Waals surface area contributed by atoms with Crippen LogP contribution in [-0.4, -0.2) is 48.0 Å². The van der Waals surface area contributed by atoms with Crippen molar-refractivity contribution in [2.45, 2.75) is 44.8 Å². The van der Waals surface area contributed by atoms with Crippen molar-refractivity contribution in [2.75, 3.05) is 36.0 Å². The fourth-order valence-corrected chi connectivity index (χ4v) is 4.59. The van der Waals surface area contributed by atoms with Crippen LogP contribution in [0.3, 0.4) is 0 Å². The number of pyridine rings is 1. The molecule has 0 saturated carbocycles. The lowest BCUT2D eigenvalue weighted by atomic mass is 9.98. The van der Waals surface area contributed by atoms with Crippen molar-refractivity contribution < 1.29 is 22.9 Å². The number of benzene rings is 1. The summed E-state index contributed by atoms with van der Waals surface area (Å²) in [6.07, 6.45) is -0.492. The lowest BCUT2D eigenvalue weighted by Crippen LogP contribution is -2.45. The predicted molar refractivity (Wildman–Crippen MR) is 126 cm³/mol. The van der Waals surface area contributed by atoms with E-state index in [0.29, 0.717) is 43.4 Å². The van der Waals surface area contributed by atoms with Crippen LogP contribution in [0.15, 0.2) is 36.5 Å². The van der Waals surface area contributed by atoms with E-state index < -0.39 is 16.7 Å². The fraction of sp³-hybridized carbons (Fsp3) is 0.500. The van der Waals surface area contributed by atoms with Crippen molar-refractivity contribution in [3.63, 3.8) is 0 Å². The average Bonchev–Trinajstić information content (AvgIpc) is 2.84. The Morgan fingerprint density at radius 1 is 1.06 bits per heavy atom. The molecule has 35 heavy (non-hydrogen) atoms. The second-order valence-electron chi connectivity index (χ2n) is 9.27. The molecule has 1 aromatic heterocycles. The molecule has 188 valence electrons. The average molecular weight is 492 g/mol. The summed E-state index contributed by atoms with van der Waals surface area (Å²) in [5.74, 6) is 0.677. The SMILES string of the molecule is CC1CCN(c2ccc(C(=O)NC3CCN(c4ccc(C(F)(F)F)cn4)CC3)cc2[N+](=O)[O-])CC1. The molecular formula is C24H28F3N5O3. The van der Waals surface area contributed by atoms with Gasteiger partial charge in [-0.1, -0.05) is 6.92 Å². The summed E-state index contributed by atoms with van der Waals surface area (Å²) in [6.45, 7) is 4.72. The van der Waals surface area contributed by atoms with E-state index in [1.54, 1.807) is 12.1 Å². The highest BCUT2D eigenvalue weighted by atomic mass is 19.4. The van der Waals surface area contributed by atoms with E-state index in [-0.39, 0.29) is 23.2 Å². The minimum Gasteiger partial charge on any atom is -0.366 e. The maximum atomic E-state index is 12.8. The number of rotatable bonds is 5. The number of aromatic nitrogens is 1. The highest BCUT2D eigenvalue weighted by molar-refractivity contribution is 5.96. The van der Waals surface area contributed by atoms with Crippen LogP contribution >= 0.6 is 0 Å². The summed E-state index contributed by atoms with van der Waals surface area (Å²) in [7, 11) is 0. The standard InChI is InChI=1S/C24H28F3N5O3/c1-16-6-10-30(11-7-16)20-4-2-17(14-21(20)32(34)35)23(33)29-19-8-12-31(13-9-19)22-5-3-18(15-28-22)24(25,26)27/h2-5,14-16,19H,6-13H2,1H3,(H,29,33). The Hall–Kier alpha value is -3.37. The molecule has 0 atom stereocenters. The van der Waals surface area contributed by atoms with Crippen LogP contribution in [-0.2, 0) is 6.18 Å². The zero-order chi connectivity index (χ0) is 25.2. The first-order chi connectivity index (χ1) is 16.6. The number of nitro groups is 1. The molecule has 0 unspecified atom stereocenters. The Morgan fingerprint density at radius 3 is 2.29 bits per heavy atom. The number of halogens is 3. The molecule has 1 amide bonds. The Balaban J connectivity index is 1.36. The fourth-order valence-electron chi connectivity index (χ4n) is 4.59. The van der Waals surface area contributed by atoms with E-state index in [9.17, 15) is 28.1 Å². The largest absolute Gasteiger partial charge is 0.417 e. The molecule has 2 aromatic rings. The van der Waals surface area contributed by atoms with Gasteiger partial charge in [0.2, 0.25) is 0 Å². The van der Waals surface area contributed by atoms with Gasteiger partial charge in [-0.15, -0.1) is 0 Å². The molecular weight excluding hydrogens is 463 g/mol. The van der Waals surface area contributed by atoms with E-state index >= 15 is 0 Å². The van der Waals surface area contributed by atoms with Gasteiger partial charge in [-0.2, -0.15) is 13.2 Å². The minimum absolute atomic E-state index is 0.0737. The van der Waals surface area contributed by atoms with Crippen molar-refractivity contribution in [3.05, 3.63) is 57.8 Å². The molecule has 8 nitrogen and oxygen atoms in total. The second-order valence-corrected chi connectivity index (χ2v) is 9.27. The van der Waals surface area contributed by atoms with Crippen molar-refractivity contribution in [2.24, 2.45) is 5.92 Å². The normalized spacial score (nSPS) is 17.9. The summed E-state index contributed by atoms with van der Waals surface area (Å²) in [4.78, 5) is 31.9. The van der Waals surface area contributed by atoms with Gasteiger partial charge in [-0.25, -0.2) is 4.98 Å². The number of amides is 1. The van der Waals surface area contributed by atoms with E-state index in [1.165, 1.54) is 12.1 Å². The maximum absolute atomic E-state index is 12.8. The van der Waals surface area contributed by atoms with Crippen LogP contribution < -0.4 is 15.1 Å². The summed E-state index contributed by atoms with van der Waals surface area (Å²) in [5, 5.41) is 14.6. The van der Waals surface area contributed by atoms with Gasteiger partial charge >= 0.3 is 6.18 Å². The molecule has 11 heteroatoms. The maximum Gasteiger partial charge on any atom is 0.417 e. The summed E-state index contributed by atoms with van der Waals surface area (Å²) in [6, 6.07) is 6.83. The first-order valence-electron chi connectivity index (χ1n) is 11.7. The number of piperidine rings is 2. The molecule has 3 heterocycles. The van der Waals surface area contributed by atoms with Gasteiger partial charge in [-0.05, 0) is 55.9 Å². The summed E-state index contributed by atoms with van der Waals surface area (Å²) < 4.78 is 38.2. The molecule has 0 bridgehead atoms. The number of nitro benzene ring substituents is 1. The Labute approximate surface area is 201 Å². The van der Waals surface area contributed by atoms with Crippen LogP contribution in [0.1, 0.15) is 48.5 Å². The van der Waals surface area contributed by atoms with E-state index in [4.69, 9.17) is 0 Å². The number of carbonyl (C=O) groups excluding carboxylic acids is 1. The number of carbonyl (C=O) groups is 1. The zero-order valence-electron chi connectivity index (χ0n) is 19.4. The van der Waals surface area contributed by atoms with Crippen LogP contribution in [0.2, 0.25) is 0 Å². The highest BCUT2D eigenvalue weighted by Crippen LogP contribution is 2.33. The van der Waals surface area contributed by atoms with E-state index in [1.807, 2.05) is 9.80 Å². The molecule has 2 aliphatic rings. The van der Waals surface area contributed by atoms with Gasteiger partial charge in [0.1, 0.15) is 11.5 Å². The highest BCUT2D eigenvalue weighted by Gasteiger charge is 2.31. The molecule has 0 radical (unpaired) electrons. The molecule has 2 aliphatic heterocycles. The van der Waals surface area contributed by atoms with Gasteiger partial charge in [-0.3, -0.25) is 14.9 Å². The minimum atomic E-state index is -4.43. The predicted octanol–water partition coefficient (Wildman–Crippen LogP) is 4.64. The van der Waals surface area contributed by atoms with Crippen molar-refractivity contribution in [3.8, 4) is 0 Å². The molecule has 0 spiro atoms. The number of anilines is 2. The van der Waals surface area contributed by atoms with Gasteiger partial charge in [0.15, 0.2) is 0 Å². The van der Waals surface area contributed by atoms with Crippen molar-refractivity contribution >= 4 is 23.1 Å². The molecule has 0 aliphatic carbocycles.